The average Bonchev–Trinajstić information content (AvgIpc) is 2.77. The average molecular weight is 245 g/mol. The van der Waals surface area contributed by atoms with E-state index in [9.17, 15) is 0 Å². The standard InChI is InChI=1S/C13H19N5/c1-4-11-7-12(18(3)17-11)8-13(14-2)10-5-6-15-16-9-10/h5-7,9,13-14H,4,8H2,1-3H3. The van der Waals surface area contributed by atoms with Gasteiger partial charge in [0.1, 0.15) is 0 Å². The molecule has 0 bridgehead atoms. The Morgan fingerprint density at radius 3 is 2.78 bits per heavy atom. The lowest BCUT2D eigenvalue weighted by molar-refractivity contribution is 0.558. The van der Waals surface area contributed by atoms with E-state index >= 15 is 0 Å². The van der Waals surface area contributed by atoms with Crippen LogP contribution in [0.15, 0.2) is 24.5 Å². The molecule has 0 aliphatic rings. The third-order valence-electron chi connectivity index (χ3n) is 3.16. The van der Waals surface area contributed by atoms with Gasteiger partial charge in [-0.3, -0.25) is 4.68 Å². The van der Waals surface area contributed by atoms with E-state index in [2.05, 4.69) is 33.6 Å². The lowest BCUT2D eigenvalue weighted by atomic mass is 10.0. The number of aromatic nitrogens is 4. The van der Waals surface area contributed by atoms with Crippen LogP contribution >= 0.6 is 0 Å². The number of hydrogen-bond donors (Lipinski definition) is 1. The minimum atomic E-state index is 0.237. The van der Waals surface area contributed by atoms with Gasteiger partial charge in [-0.1, -0.05) is 6.92 Å². The molecule has 0 aliphatic carbocycles. The van der Waals surface area contributed by atoms with Crippen molar-refractivity contribution in [3.8, 4) is 0 Å². The molecule has 18 heavy (non-hydrogen) atoms. The number of likely N-dealkylation sites (N-methyl/N-ethyl adjacent to an activating group) is 1. The summed E-state index contributed by atoms with van der Waals surface area (Å²) in [5.74, 6) is 0. The largest absolute Gasteiger partial charge is 0.313 e. The van der Waals surface area contributed by atoms with Gasteiger partial charge in [-0.15, -0.1) is 0 Å². The molecule has 2 heterocycles. The van der Waals surface area contributed by atoms with Crippen molar-refractivity contribution in [2.75, 3.05) is 7.05 Å². The minimum Gasteiger partial charge on any atom is -0.313 e. The van der Waals surface area contributed by atoms with E-state index in [-0.39, 0.29) is 6.04 Å². The molecule has 2 aromatic rings. The van der Waals surface area contributed by atoms with Gasteiger partial charge in [-0.25, -0.2) is 0 Å². The Labute approximate surface area is 107 Å². The zero-order valence-electron chi connectivity index (χ0n) is 11.1. The summed E-state index contributed by atoms with van der Waals surface area (Å²) >= 11 is 0. The summed E-state index contributed by atoms with van der Waals surface area (Å²) < 4.78 is 1.96. The first-order valence-electron chi connectivity index (χ1n) is 6.20. The van der Waals surface area contributed by atoms with Crippen LogP contribution in [0.5, 0.6) is 0 Å². The van der Waals surface area contributed by atoms with Crippen LogP contribution in [-0.2, 0) is 19.9 Å². The molecule has 5 nitrogen and oxygen atoms in total. The summed E-state index contributed by atoms with van der Waals surface area (Å²) in [5, 5.41) is 15.5. The van der Waals surface area contributed by atoms with Gasteiger partial charge in [0.15, 0.2) is 0 Å². The minimum absolute atomic E-state index is 0.237. The molecule has 1 atom stereocenters. The molecular weight excluding hydrogens is 226 g/mol. The molecule has 1 N–H and O–H groups in total. The first-order chi connectivity index (χ1) is 8.74. The molecule has 0 amide bonds. The zero-order chi connectivity index (χ0) is 13.0. The normalized spacial score (nSPS) is 12.6. The molecule has 0 saturated carbocycles. The molecule has 2 rings (SSSR count). The number of aryl methyl sites for hydroxylation is 2. The quantitative estimate of drug-likeness (QED) is 0.862. The first kappa shape index (κ1) is 12.7. The Hall–Kier alpha value is -1.75. The van der Waals surface area contributed by atoms with Crippen LogP contribution in [-0.4, -0.2) is 27.0 Å². The third-order valence-corrected chi connectivity index (χ3v) is 3.16. The maximum Gasteiger partial charge on any atom is 0.0624 e. The fourth-order valence-electron chi connectivity index (χ4n) is 2.04. The Balaban J connectivity index is 2.18. The summed E-state index contributed by atoms with van der Waals surface area (Å²) in [7, 11) is 3.95. The van der Waals surface area contributed by atoms with E-state index in [1.54, 1.807) is 12.4 Å². The fraction of sp³-hybridized carbons (Fsp3) is 0.462. The molecule has 0 fully saturated rings. The fourth-order valence-corrected chi connectivity index (χ4v) is 2.04. The van der Waals surface area contributed by atoms with Crippen molar-refractivity contribution in [2.45, 2.75) is 25.8 Å². The monoisotopic (exact) mass is 245 g/mol. The highest BCUT2D eigenvalue weighted by Gasteiger charge is 2.13. The SMILES string of the molecule is CCc1cc(CC(NC)c2ccnnc2)n(C)n1. The Morgan fingerprint density at radius 1 is 1.39 bits per heavy atom. The maximum atomic E-state index is 4.47. The Kier molecular flexibility index (Phi) is 4.04. The highest BCUT2D eigenvalue weighted by atomic mass is 15.3. The summed E-state index contributed by atoms with van der Waals surface area (Å²) in [6.07, 6.45) is 5.39. The number of rotatable bonds is 5. The van der Waals surface area contributed by atoms with E-state index in [1.807, 2.05) is 24.8 Å². The molecule has 0 spiro atoms. The molecule has 0 aliphatic heterocycles. The topological polar surface area (TPSA) is 55.6 Å². The highest BCUT2D eigenvalue weighted by molar-refractivity contribution is 5.17. The second-order valence-electron chi connectivity index (χ2n) is 4.33. The second-order valence-corrected chi connectivity index (χ2v) is 4.33. The Bertz CT molecular complexity index is 491. The molecule has 5 heteroatoms. The van der Waals surface area contributed by atoms with Crippen LogP contribution in [0.25, 0.3) is 0 Å². The highest BCUT2D eigenvalue weighted by Crippen LogP contribution is 2.17. The lowest BCUT2D eigenvalue weighted by Crippen LogP contribution is -2.20. The van der Waals surface area contributed by atoms with Crippen molar-refractivity contribution in [3.63, 3.8) is 0 Å². The van der Waals surface area contributed by atoms with Crippen LogP contribution < -0.4 is 5.32 Å². The van der Waals surface area contributed by atoms with Gasteiger partial charge < -0.3 is 5.32 Å². The van der Waals surface area contributed by atoms with Crippen LogP contribution in [0, 0.1) is 0 Å². The van der Waals surface area contributed by atoms with E-state index in [0.29, 0.717) is 0 Å². The number of nitrogens with one attached hydrogen (secondary N) is 1. The van der Waals surface area contributed by atoms with Crippen LogP contribution in [0.4, 0.5) is 0 Å². The predicted octanol–water partition coefficient (Wildman–Crippen LogP) is 1.28. The second kappa shape index (κ2) is 5.73. The molecule has 0 saturated heterocycles. The van der Waals surface area contributed by atoms with E-state index in [0.717, 1.165) is 24.1 Å². The van der Waals surface area contributed by atoms with Crippen LogP contribution in [0.1, 0.15) is 29.9 Å². The summed E-state index contributed by atoms with van der Waals surface area (Å²) in [6.45, 7) is 2.12. The molecule has 96 valence electrons. The van der Waals surface area contributed by atoms with Crippen molar-refractivity contribution < 1.29 is 0 Å². The summed E-state index contributed by atoms with van der Waals surface area (Å²) in [6, 6.07) is 4.39. The third kappa shape index (κ3) is 2.73. The van der Waals surface area contributed by atoms with Crippen molar-refractivity contribution in [1.82, 2.24) is 25.3 Å². The molecule has 0 radical (unpaired) electrons. The van der Waals surface area contributed by atoms with Gasteiger partial charge in [-0.05, 0) is 31.2 Å². The predicted molar refractivity (Wildman–Crippen MR) is 70.1 cm³/mol. The van der Waals surface area contributed by atoms with Gasteiger partial charge in [0.25, 0.3) is 0 Å². The lowest BCUT2D eigenvalue weighted by Gasteiger charge is -2.15. The van der Waals surface area contributed by atoms with E-state index in [1.165, 1.54) is 5.69 Å². The van der Waals surface area contributed by atoms with Gasteiger partial charge in [0, 0.05) is 31.4 Å². The van der Waals surface area contributed by atoms with Gasteiger partial charge in [0.2, 0.25) is 0 Å². The number of nitrogens with zero attached hydrogens (tertiary/aromatic N) is 4. The summed E-state index contributed by atoms with van der Waals surface area (Å²) in [4.78, 5) is 0. The van der Waals surface area contributed by atoms with Crippen molar-refractivity contribution in [1.29, 1.82) is 0 Å². The van der Waals surface area contributed by atoms with Gasteiger partial charge in [0.05, 0.1) is 11.9 Å². The molecule has 0 aromatic carbocycles. The van der Waals surface area contributed by atoms with Crippen LogP contribution in [0.3, 0.4) is 0 Å². The van der Waals surface area contributed by atoms with Crippen molar-refractivity contribution in [3.05, 3.63) is 41.5 Å². The first-order valence-corrected chi connectivity index (χ1v) is 6.20. The molecule has 1 unspecified atom stereocenters. The maximum absolute atomic E-state index is 4.47. The molecular formula is C13H19N5. The van der Waals surface area contributed by atoms with Crippen molar-refractivity contribution in [2.24, 2.45) is 7.05 Å². The van der Waals surface area contributed by atoms with Crippen LogP contribution in [0.2, 0.25) is 0 Å². The van der Waals surface area contributed by atoms with Gasteiger partial charge in [-0.2, -0.15) is 15.3 Å². The van der Waals surface area contributed by atoms with E-state index < -0.39 is 0 Å². The number of hydrogen-bond acceptors (Lipinski definition) is 4. The Morgan fingerprint density at radius 2 is 2.22 bits per heavy atom. The smallest absolute Gasteiger partial charge is 0.0624 e. The summed E-state index contributed by atoms with van der Waals surface area (Å²) in [5.41, 5.74) is 3.50. The zero-order valence-corrected chi connectivity index (χ0v) is 11.1. The van der Waals surface area contributed by atoms with E-state index in [4.69, 9.17) is 0 Å². The van der Waals surface area contributed by atoms with Crippen molar-refractivity contribution >= 4 is 0 Å². The molecule has 2 aromatic heterocycles. The van der Waals surface area contributed by atoms with Gasteiger partial charge >= 0.3 is 0 Å².